The maximum atomic E-state index is 13.3. The van der Waals surface area contributed by atoms with Gasteiger partial charge in [0.25, 0.3) is 11.6 Å². The molecule has 1 aromatic heterocycles. The largest absolute Gasteiger partial charge is 0.396 e. The van der Waals surface area contributed by atoms with Crippen LogP contribution in [0.4, 0.5) is 15.8 Å². The fraction of sp³-hybridized carbons (Fsp3) is 0.167. The second kappa shape index (κ2) is 5.57. The zero-order valence-electron chi connectivity index (χ0n) is 11.0. The molecule has 9 heteroatoms. The zero-order valence-corrected chi connectivity index (χ0v) is 11.0. The van der Waals surface area contributed by atoms with Gasteiger partial charge in [0.2, 0.25) is 0 Å². The summed E-state index contributed by atoms with van der Waals surface area (Å²) >= 11 is 0. The molecule has 0 aliphatic heterocycles. The summed E-state index contributed by atoms with van der Waals surface area (Å²) < 4.78 is 13.3. The highest BCUT2D eigenvalue weighted by Crippen LogP contribution is 2.25. The number of nitro groups is 1. The van der Waals surface area contributed by atoms with E-state index in [2.05, 4.69) is 15.3 Å². The molecule has 1 unspecified atom stereocenters. The number of aromatic nitrogens is 2. The summed E-state index contributed by atoms with van der Waals surface area (Å²) in [5, 5.41) is 13.4. The highest BCUT2D eigenvalue weighted by atomic mass is 19.1. The molecule has 21 heavy (non-hydrogen) atoms. The van der Waals surface area contributed by atoms with Gasteiger partial charge < -0.3 is 16.0 Å². The lowest BCUT2D eigenvalue weighted by Gasteiger charge is -2.12. The Morgan fingerprint density at radius 1 is 1.57 bits per heavy atom. The zero-order chi connectivity index (χ0) is 15.6. The van der Waals surface area contributed by atoms with Crippen molar-refractivity contribution in [2.75, 3.05) is 5.73 Å². The predicted octanol–water partition coefficient (Wildman–Crippen LogP) is 1.53. The molecule has 1 amide bonds. The average molecular weight is 293 g/mol. The number of rotatable bonds is 4. The number of benzene rings is 1. The SMILES string of the molecule is CC(NC(=O)c1cc(N)c(F)cc1[N+](=O)[O-])c1ncc[nH]1. The Labute approximate surface area is 118 Å². The summed E-state index contributed by atoms with van der Waals surface area (Å²) in [6.45, 7) is 1.65. The van der Waals surface area contributed by atoms with Crippen LogP contribution in [0.2, 0.25) is 0 Å². The predicted molar refractivity (Wildman–Crippen MR) is 71.9 cm³/mol. The molecule has 1 heterocycles. The number of carbonyl (C=O) groups excluding carboxylic acids is 1. The minimum atomic E-state index is -0.947. The number of halogens is 1. The van der Waals surface area contributed by atoms with E-state index in [1.54, 1.807) is 13.1 Å². The smallest absolute Gasteiger partial charge is 0.285 e. The summed E-state index contributed by atoms with van der Waals surface area (Å²) in [5.41, 5.74) is 4.06. The maximum Gasteiger partial charge on any atom is 0.285 e. The Bertz CT molecular complexity index is 686. The molecule has 4 N–H and O–H groups in total. The number of H-pyrrole nitrogens is 1. The number of anilines is 1. The van der Waals surface area contributed by atoms with Crippen LogP contribution in [0.15, 0.2) is 24.5 Å². The van der Waals surface area contributed by atoms with Crippen LogP contribution in [0.1, 0.15) is 29.1 Å². The van der Waals surface area contributed by atoms with Crippen LogP contribution in [-0.4, -0.2) is 20.8 Å². The van der Waals surface area contributed by atoms with Crippen LogP contribution in [0, 0.1) is 15.9 Å². The third kappa shape index (κ3) is 2.96. The van der Waals surface area contributed by atoms with Gasteiger partial charge in [0.1, 0.15) is 11.4 Å². The lowest BCUT2D eigenvalue weighted by molar-refractivity contribution is -0.385. The average Bonchev–Trinajstić information content (AvgIpc) is 2.95. The Hall–Kier alpha value is -2.97. The van der Waals surface area contributed by atoms with E-state index in [-0.39, 0.29) is 11.3 Å². The molecule has 0 fully saturated rings. The fourth-order valence-electron chi connectivity index (χ4n) is 1.77. The van der Waals surface area contributed by atoms with Crippen molar-refractivity contribution >= 4 is 17.3 Å². The van der Waals surface area contributed by atoms with E-state index in [0.29, 0.717) is 11.9 Å². The molecular formula is C12H12FN5O3. The maximum absolute atomic E-state index is 13.3. The topological polar surface area (TPSA) is 127 Å². The summed E-state index contributed by atoms with van der Waals surface area (Å²) in [5.74, 6) is -1.20. The van der Waals surface area contributed by atoms with Gasteiger partial charge in [-0.1, -0.05) is 0 Å². The van der Waals surface area contributed by atoms with Gasteiger partial charge in [-0.25, -0.2) is 9.37 Å². The standard InChI is InChI=1S/C12H12FN5O3/c1-6(11-15-2-3-16-11)17-12(19)7-4-9(14)8(13)5-10(7)18(20)21/h2-6H,14H2,1H3,(H,15,16)(H,17,19). The van der Waals surface area contributed by atoms with Crippen molar-refractivity contribution in [1.29, 1.82) is 0 Å². The number of nitrogen functional groups attached to an aromatic ring is 1. The second-order valence-corrected chi connectivity index (χ2v) is 4.32. The molecule has 0 spiro atoms. The molecule has 0 radical (unpaired) electrons. The van der Waals surface area contributed by atoms with Gasteiger partial charge in [-0.15, -0.1) is 0 Å². The molecule has 0 saturated carbocycles. The molecule has 2 rings (SSSR count). The van der Waals surface area contributed by atoms with Crippen molar-refractivity contribution in [2.24, 2.45) is 0 Å². The summed E-state index contributed by atoms with van der Waals surface area (Å²) in [6.07, 6.45) is 3.09. The van der Waals surface area contributed by atoms with E-state index in [0.717, 1.165) is 6.07 Å². The van der Waals surface area contributed by atoms with Gasteiger partial charge in [0.05, 0.1) is 22.7 Å². The number of hydrogen-bond acceptors (Lipinski definition) is 5. The van der Waals surface area contributed by atoms with E-state index >= 15 is 0 Å². The number of hydrogen-bond donors (Lipinski definition) is 3. The number of imidazole rings is 1. The van der Waals surface area contributed by atoms with E-state index < -0.39 is 28.4 Å². The summed E-state index contributed by atoms with van der Waals surface area (Å²) in [7, 11) is 0. The van der Waals surface area contributed by atoms with Crippen LogP contribution in [-0.2, 0) is 0 Å². The highest BCUT2D eigenvalue weighted by Gasteiger charge is 2.24. The highest BCUT2D eigenvalue weighted by molar-refractivity contribution is 5.99. The van der Waals surface area contributed by atoms with Crippen LogP contribution in [0.3, 0.4) is 0 Å². The van der Waals surface area contributed by atoms with Crippen molar-refractivity contribution in [1.82, 2.24) is 15.3 Å². The lowest BCUT2D eigenvalue weighted by Crippen LogP contribution is -2.28. The first-order valence-electron chi connectivity index (χ1n) is 5.93. The van der Waals surface area contributed by atoms with E-state index in [1.807, 2.05) is 0 Å². The minimum Gasteiger partial charge on any atom is -0.396 e. The Morgan fingerprint density at radius 2 is 2.29 bits per heavy atom. The minimum absolute atomic E-state index is 0.308. The molecule has 0 aliphatic carbocycles. The number of carbonyl (C=O) groups is 1. The van der Waals surface area contributed by atoms with Crippen LogP contribution >= 0.6 is 0 Å². The Kier molecular flexibility index (Phi) is 3.83. The normalized spacial score (nSPS) is 11.9. The number of nitrogens with zero attached hydrogens (tertiary/aromatic N) is 2. The Balaban J connectivity index is 2.30. The molecule has 1 aromatic carbocycles. The van der Waals surface area contributed by atoms with Crippen LogP contribution < -0.4 is 11.1 Å². The molecule has 0 saturated heterocycles. The van der Waals surface area contributed by atoms with Crippen molar-refractivity contribution < 1.29 is 14.1 Å². The number of nitrogens with one attached hydrogen (secondary N) is 2. The number of amides is 1. The first-order valence-corrected chi connectivity index (χ1v) is 5.93. The van der Waals surface area contributed by atoms with Gasteiger partial charge in [0.15, 0.2) is 5.82 Å². The molecule has 1 atom stereocenters. The van der Waals surface area contributed by atoms with E-state index in [9.17, 15) is 19.3 Å². The van der Waals surface area contributed by atoms with Crippen molar-refractivity contribution in [2.45, 2.75) is 13.0 Å². The van der Waals surface area contributed by atoms with Gasteiger partial charge in [-0.05, 0) is 13.0 Å². The number of nitro benzene ring substituents is 1. The second-order valence-electron chi connectivity index (χ2n) is 4.32. The van der Waals surface area contributed by atoms with E-state index in [1.165, 1.54) is 6.20 Å². The molecule has 110 valence electrons. The van der Waals surface area contributed by atoms with Gasteiger partial charge >= 0.3 is 0 Å². The van der Waals surface area contributed by atoms with Gasteiger partial charge in [0, 0.05) is 12.4 Å². The van der Waals surface area contributed by atoms with Crippen LogP contribution in [0.5, 0.6) is 0 Å². The van der Waals surface area contributed by atoms with Crippen molar-refractivity contribution in [3.05, 3.63) is 51.8 Å². The number of nitrogens with two attached hydrogens (primary N) is 1. The summed E-state index contributed by atoms with van der Waals surface area (Å²) in [4.78, 5) is 28.9. The van der Waals surface area contributed by atoms with E-state index in [4.69, 9.17) is 5.73 Å². The molecule has 8 nitrogen and oxygen atoms in total. The molecule has 0 bridgehead atoms. The van der Waals surface area contributed by atoms with Crippen molar-refractivity contribution in [3.8, 4) is 0 Å². The van der Waals surface area contributed by atoms with Crippen LogP contribution in [0.25, 0.3) is 0 Å². The van der Waals surface area contributed by atoms with Crippen molar-refractivity contribution in [3.63, 3.8) is 0 Å². The third-order valence-electron chi connectivity index (χ3n) is 2.83. The first kappa shape index (κ1) is 14.4. The van der Waals surface area contributed by atoms with Gasteiger partial charge in [-0.2, -0.15) is 0 Å². The van der Waals surface area contributed by atoms with Gasteiger partial charge in [-0.3, -0.25) is 14.9 Å². The number of aromatic amines is 1. The monoisotopic (exact) mass is 293 g/mol. The Morgan fingerprint density at radius 3 is 2.86 bits per heavy atom. The molecule has 0 aliphatic rings. The lowest BCUT2D eigenvalue weighted by atomic mass is 10.1. The fourth-order valence-corrected chi connectivity index (χ4v) is 1.77. The molecule has 2 aromatic rings. The summed E-state index contributed by atoms with van der Waals surface area (Å²) in [6, 6.07) is 1.07. The quantitative estimate of drug-likeness (QED) is 0.447. The first-order chi connectivity index (χ1) is 9.90. The third-order valence-corrected chi connectivity index (χ3v) is 2.83. The molecular weight excluding hydrogens is 281 g/mol.